The average molecular weight is 638 g/mol. The first kappa shape index (κ1) is 33.9. The lowest BCUT2D eigenvalue weighted by atomic mass is 10.1. The number of nitrogens with one attached hydrogen (secondary N) is 1. The highest BCUT2D eigenvalue weighted by atomic mass is 35.5. The second-order valence-electron chi connectivity index (χ2n) is 10.5. The molecule has 0 fully saturated rings. The number of alkyl halides is 3. The van der Waals surface area contributed by atoms with Crippen LogP contribution in [0.5, 0.6) is 0 Å². The smallest absolute Gasteiger partial charge is 0.352 e. The van der Waals surface area contributed by atoms with Crippen molar-refractivity contribution in [2.45, 2.75) is 70.7 Å². The molecular weight excluding hydrogens is 603 g/mol. The third-order valence-electron chi connectivity index (χ3n) is 6.85. The minimum atomic E-state index is -4.88. The molecule has 232 valence electrons. The van der Waals surface area contributed by atoms with Crippen LogP contribution in [-0.2, 0) is 32.3 Å². The van der Waals surface area contributed by atoms with E-state index in [-0.39, 0.29) is 23.9 Å². The van der Waals surface area contributed by atoms with E-state index < -0.39 is 56.9 Å². The predicted octanol–water partition coefficient (Wildman–Crippen LogP) is 6.50. The Hall–Kier alpha value is -3.57. The number of halogens is 4. The molecule has 0 aliphatic carbocycles. The Morgan fingerprint density at radius 1 is 0.977 bits per heavy atom. The average Bonchev–Trinajstić information content (AvgIpc) is 2.92. The quantitative estimate of drug-likeness (QED) is 0.260. The van der Waals surface area contributed by atoms with Crippen LogP contribution in [0.25, 0.3) is 0 Å². The van der Waals surface area contributed by atoms with Crippen molar-refractivity contribution in [2.75, 3.05) is 10.8 Å². The molecule has 0 aromatic heterocycles. The van der Waals surface area contributed by atoms with E-state index in [0.717, 1.165) is 28.8 Å². The first-order valence-corrected chi connectivity index (χ1v) is 15.5. The van der Waals surface area contributed by atoms with Crippen LogP contribution in [0.1, 0.15) is 49.4 Å². The van der Waals surface area contributed by atoms with E-state index in [1.807, 2.05) is 19.1 Å². The molecule has 12 heteroatoms. The predicted molar refractivity (Wildman–Crippen MR) is 161 cm³/mol. The molecule has 3 aromatic rings. The van der Waals surface area contributed by atoms with Crippen molar-refractivity contribution in [1.82, 2.24) is 10.2 Å². The second-order valence-corrected chi connectivity index (χ2v) is 12.8. The van der Waals surface area contributed by atoms with Gasteiger partial charge in [0.1, 0.15) is 12.6 Å². The van der Waals surface area contributed by atoms with Gasteiger partial charge in [-0.25, -0.2) is 8.42 Å². The molecule has 3 aromatic carbocycles. The van der Waals surface area contributed by atoms with Crippen molar-refractivity contribution in [3.05, 3.63) is 94.0 Å². The van der Waals surface area contributed by atoms with Crippen molar-refractivity contribution in [3.63, 3.8) is 0 Å². The molecule has 1 atom stereocenters. The number of carbonyl (C=O) groups excluding carboxylic acids is 2. The number of amides is 2. The van der Waals surface area contributed by atoms with Gasteiger partial charge in [0.25, 0.3) is 10.0 Å². The molecule has 0 radical (unpaired) electrons. The standard InChI is InChI=1S/C31H35ClF3N3O4S/c1-6-28(30(40)36-20(2)3)37(18-23-10-8-7-9-22(23)5)29(39)19-38(43(41,42)25-14-11-21(4)12-15-25)24-13-16-27(32)26(17-24)31(33,34)35/h7-17,20,28H,6,18-19H2,1-5H3,(H,36,40). The number of aryl methyl sites for hydroxylation is 2. The number of sulfonamides is 1. The van der Waals surface area contributed by atoms with Crippen LogP contribution < -0.4 is 9.62 Å². The van der Waals surface area contributed by atoms with E-state index >= 15 is 0 Å². The highest BCUT2D eigenvalue weighted by Gasteiger charge is 2.37. The Labute approximate surface area is 255 Å². The molecule has 7 nitrogen and oxygen atoms in total. The summed E-state index contributed by atoms with van der Waals surface area (Å²) in [6.07, 6.45) is -4.67. The fraction of sp³-hybridized carbons (Fsp3) is 0.355. The monoisotopic (exact) mass is 637 g/mol. The maximum absolute atomic E-state index is 14.1. The van der Waals surface area contributed by atoms with E-state index in [0.29, 0.717) is 10.4 Å². The molecule has 0 saturated heterocycles. The number of benzene rings is 3. The largest absolute Gasteiger partial charge is 0.417 e. The van der Waals surface area contributed by atoms with Crippen molar-refractivity contribution >= 4 is 39.1 Å². The van der Waals surface area contributed by atoms with Gasteiger partial charge in [-0.05, 0) is 75.6 Å². The summed E-state index contributed by atoms with van der Waals surface area (Å²) in [7, 11) is -4.55. The lowest BCUT2D eigenvalue weighted by Crippen LogP contribution is -2.53. The Morgan fingerprint density at radius 3 is 2.16 bits per heavy atom. The van der Waals surface area contributed by atoms with Crippen LogP contribution in [-0.4, -0.2) is 43.8 Å². The zero-order chi connectivity index (χ0) is 32.1. The van der Waals surface area contributed by atoms with Crippen molar-refractivity contribution < 1.29 is 31.2 Å². The summed E-state index contributed by atoms with van der Waals surface area (Å²) in [5.74, 6) is -1.20. The summed E-state index contributed by atoms with van der Waals surface area (Å²) in [5.41, 5.74) is 0.684. The number of hydrogen-bond acceptors (Lipinski definition) is 4. The number of anilines is 1. The molecule has 1 N–H and O–H groups in total. The highest BCUT2D eigenvalue weighted by molar-refractivity contribution is 7.92. The zero-order valence-corrected chi connectivity index (χ0v) is 26.1. The third kappa shape index (κ3) is 8.29. The maximum atomic E-state index is 14.1. The zero-order valence-electron chi connectivity index (χ0n) is 24.6. The van der Waals surface area contributed by atoms with Crippen LogP contribution in [0.3, 0.4) is 0 Å². The molecule has 0 spiro atoms. The topological polar surface area (TPSA) is 86.8 Å². The van der Waals surface area contributed by atoms with Crippen molar-refractivity contribution in [2.24, 2.45) is 0 Å². The normalized spacial score (nSPS) is 12.6. The van der Waals surface area contributed by atoms with Crippen molar-refractivity contribution in [1.29, 1.82) is 0 Å². The van der Waals surface area contributed by atoms with Gasteiger partial charge in [-0.15, -0.1) is 0 Å². The van der Waals surface area contributed by atoms with Gasteiger partial charge in [-0.1, -0.05) is 60.5 Å². The fourth-order valence-electron chi connectivity index (χ4n) is 4.52. The Kier molecular flexibility index (Phi) is 10.9. The molecule has 2 amide bonds. The second kappa shape index (κ2) is 13.8. The van der Waals surface area contributed by atoms with Gasteiger partial charge in [-0.2, -0.15) is 13.2 Å². The lowest BCUT2D eigenvalue weighted by molar-refractivity contribution is -0.140. The minimum Gasteiger partial charge on any atom is -0.352 e. The van der Waals surface area contributed by atoms with E-state index in [2.05, 4.69) is 5.32 Å². The molecule has 0 heterocycles. The van der Waals surface area contributed by atoms with Gasteiger partial charge in [0.05, 0.1) is 21.2 Å². The van der Waals surface area contributed by atoms with Crippen LogP contribution in [0.15, 0.2) is 71.6 Å². The van der Waals surface area contributed by atoms with Crippen LogP contribution in [0.4, 0.5) is 18.9 Å². The molecule has 3 rings (SSSR count). The lowest BCUT2D eigenvalue weighted by Gasteiger charge is -2.34. The van der Waals surface area contributed by atoms with Crippen LogP contribution in [0.2, 0.25) is 5.02 Å². The number of rotatable bonds is 11. The first-order chi connectivity index (χ1) is 20.1. The maximum Gasteiger partial charge on any atom is 0.417 e. The Morgan fingerprint density at radius 2 is 1.60 bits per heavy atom. The van der Waals surface area contributed by atoms with Crippen LogP contribution in [0, 0.1) is 13.8 Å². The number of hydrogen-bond donors (Lipinski definition) is 1. The SMILES string of the molecule is CCC(C(=O)NC(C)C)N(Cc1ccccc1C)C(=O)CN(c1ccc(Cl)c(C(F)(F)F)c1)S(=O)(=O)c1ccc(C)cc1. The van der Waals surface area contributed by atoms with Gasteiger partial charge in [0.15, 0.2) is 0 Å². The first-order valence-electron chi connectivity index (χ1n) is 13.7. The van der Waals surface area contributed by atoms with E-state index in [1.54, 1.807) is 52.0 Å². The Balaban J connectivity index is 2.17. The summed E-state index contributed by atoms with van der Waals surface area (Å²) in [5, 5.41) is 2.18. The van der Waals surface area contributed by atoms with E-state index in [9.17, 15) is 31.2 Å². The summed E-state index contributed by atoms with van der Waals surface area (Å²) >= 11 is 5.82. The Bertz CT molecular complexity index is 1560. The third-order valence-corrected chi connectivity index (χ3v) is 8.97. The van der Waals surface area contributed by atoms with Gasteiger partial charge in [-0.3, -0.25) is 13.9 Å². The van der Waals surface area contributed by atoms with Crippen LogP contribution >= 0.6 is 11.6 Å². The summed E-state index contributed by atoms with van der Waals surface area (Å²) in [6.45, 7) is 7.96. The summed E-state index contributed by atoms with van der Waals surface area (Å²) < 4.78 is 69.9. The van der Waals surface area contributed by atoms with Gasteiger partial charge >= 0.3 is 6.18 Å². The van der Waals surface area contributed by atoms with Crippen molar-refractivity contribution in [3.8, 4) is 0 Å². The fourth-order valence-corrected chi connectivity index (χ4v) is 6.15. The molecule has 0 bridgehead atoms. The number of carbonyl (C=O) groups is 2. The van der Waals surface area contributed by atoms with E-state index in [1.165, 1.54) is 17.0 Å². The molecule has 43 heavy (non-hydrogen) atoms. The van der Waals surface area contributed by atoms with E-state index in [4.69, 9.17) is 11.6 Å². The molecule has 1 unspecified atom stereocenters. The minimum absolute atomic E-state index is 0.0254. The molecule has 0 saturated carbocycles. The summed E-state index contributed by atoms with van der Waals surface area (Å²) in [6, 6.07) is 14.4. The van der Waals surface area contributed by atoms with Gasteiger partial charge < -0.3 is 10.2 Å². The molecule has 0 aliphatic rings. The summed E-state index contributed by atoms with van der Waals surface area (Å²) in [4.78, 5) is 28.4. The molecular formula is C31H35ClF3N3O4S. The number of nitrogens with zero attached hydrogens (tertiary/aromatic N) is 2. The van der Waals surface area contributed by atoms with Gasteiger partial charge in [0, 0.05) is 12.6 Å². The molecule has 0 aliphatic heterocycles. The van der Waals surface area contributed by atoms with Gasteiger partial charge in [0.2, 0.25) is 11.8 Å². The highest BCUT2D eigenvalue weighted by Crippen LogP contribution is 2.38.